The number of hydrogen-bond donors (Lipinski definition) is 0. The number of fused-ring (bicyclic) bond motifs is 1. The molecule has 1 atom stereocenters. The van der Waals surface area contributed by atoms with Crippen LogP contribution in [0.1, 0.15) is 28.4 Å². The molecule has 1 aromatic carbocycles. The number of hydrogen-bond acceptors (Lipinski definition) is 2. The summed E-state index contributed by atoms with van der Waals surface area (Å²) in [5, 5.41) is 8.80. The zero-order valence-electron chi connectivity index (χ0n) is 8.08. The number of rotatable bonds is 1. The maximum Gasteiger partial charge on any atom is 0.159 e. The molecule has 0 saturated carbocycles. The van der Waals surface area contributed by atoms with Crippen molar-refractivity contribution in [3.63, 3.8) is 0 Å². The normalized spacial score (nSPS) is 18.7. The first kappa shape index (κ1) is 8.96. The van der Waals surface area contributed by atoms with Gasteiger partial charge in [-0.05, 0) is 37.0 Å². The molecule has 0 amide bonds. The third-order valence-corrected chi connectivity index (χ3v) is 2.73. The van der Waals surface area contributed by atoms with E-state index in [2.05, 4.69) is 6.07 Å². The van der Waals surface area contributed by atoms with E-state index in [1.165, 1.54) is 11.1 Å². The summed E-state index contributed by atoms with van der Waals surface area (Å²) in [4.78, 5) is 11.1. The lowest BCUT2D eigenvalue weighted by molar-refractivity contribution is 0.101. The zero-order chi connectivity index (χ0) is 10.1. The van der Waals surface area contributed by atoms with Crippen LogP contribution in [-0.4, -0.2) is 5.78 Å². The molecule has 0 saturated heterocycles. The molecule has 0 spiro atoms. The molecular formula is C12H11NO. The first-order chi connectivity index (χ1) is 6.70. The standard InChI is InChI=1S/C12H11NO/c1-8(14)10-2-3-11-4-9(7-13)5-12(11)6-10/h2-3,6,9H,4-5H2,1H3. The second-order valence-corrected chi connectivity index (χ2v) is 3.77. The van der Waals surface area contributed by atoms with Crippen LogP contribution in [-0.2, 0) is 12.8 Å². The molecule has 0 fully saturated rings. The molecule has 1 aliphatic carbocycles. The maximum atomic E-state index is 11.1. The van der Waals surface area contributed by atoms with E-state index in [0.717, 1.165) is 18.4 Å². The van der Waals surface area contributed by atoms with E-state index >= 15 is 0 Å². The minimum atomic E-state index is 0.0909. The molecule has 0 heterocycles. The second kappa shape index (κ2) is 3.26. The van der Waals surface area contributed by atoms with E-state index in [9.17, 15) is 4.79 Å². The second-order valence-electron chi connectivity index (χ2n) is 3.77. The van der Waals surface area contributed by atoms with Crippen LogP contribution in [0.3, 0.4) is 0 Å². The maximum absolute atomic E-state index is 11.1. The SMILES string of the molecule is CC(=O)c1ccc2c(c1)CC(C#N)C2. The molecule has 70 valence electrons. The number of Topliss-reactive ketones (excluding diaryl/α,β-unsaturated/α-hetero) is 1. The summed E-state index contributed by atoms with van der Waals surface area (Å²) in [5.74, 6) is 0.195. The Hall–Kier alpha value is -1.62. The lowest BCUT2D eigenvalue weighted by Crippen LogP contribution is -1.94. The van der Waals surface area contributed by atoms with Crippen LogP contribution in [0.2, 0.25) is 0 Å². The van der Waals surface area contributed by atoms with Crippen LogP contribution >= 0.6 is 0 Å². The van der Waals surface area contributed by atoms with E-state index in [-0.39, 0.29) is 11.7 Å². The lowest BCUT2D eigenvalue weighted by Gasteiger charge is -2.00. The molecule has 14 heavy (non-hydrogen) atoms. The van der Waals surface area contributed by atoms with E-state index in [1.54, 1.807) is 6.92 Å². The van der Waals surface area contributed by atoms with Crippen molar-refractivity contribution in [1.82, 2.24) is 0 Å². The van der Waals surface area contributed by atoms with Gasteiger partial charge in [-0.1, -0.05) is 12.1 Å². The van der Waals surface area contributed by atoms with Crippen molar-refractivity contribution in [1.29, 1.82) is 5.26 Å². The number of carbonyl (C=O) groups is 1. The van der Waals surface area contributed by atoms with Gasteiger partial charge >= 0.3 is 0 Å². The van der Waals surface area contributed by atoms with Gasteiger partial charge in [0.15, 0.2) is 5.78 Å². The summed E-state index contributed by atoms with van der Waals surface area (Å²) in [6.45, 7) is 1.57. The highest BCUT2D eigenvalue weighted by atomic mass is 16.1. The number of nitriles is 1. The van der Waals surface area contributed by atoms with Gasteiger partial charge in [0.2, 0.25) is 0 Å². The fraction of sp³-hybridized carbons (Fsp3) is 0.333. The molecule has 1 aliphatic rings. The van der Waals surface area contributed by atoms with Crippen LogP contribution in [0.15, 0.2) is 18.2 Å². The summed E-state index contributed by atoms with van der Waals surface area (Å²) in [7, 11) is 0. The average molecular weight is 185 g/mol. The van der Waals surface area contributed by atoms with Crippen molar-refractivity contribution in [3.8, 4) is 6.07 Å². The van der Waals surface area contributed by atoms with Gasteiger partial charge in [0.1, 0.15) is 0 Å². The van der Waals surface area contributed by atoms with Gasteiger partial charge in [-0.3, -0.25) is 4.79 Å². The Morgan fingerprint density at radius 3 is 2.79 bits per heavy atom. The van der Waals surface area contributed by atoms with E-state index < -0.39 is 0 Å². The highest BCUT2D eigenvalue weighted by Gasteiger charge is 2.21. The quantitative estimate of drug-likeness (QED) is 0.629. The Morgan fingerprint density at radius 2 is 2.14 bits per heavy atom. The van der Waals surface area contributed by atoms with Crippen molar-refractivity contribution in [2.24, 2.45) is 5.92 Å². The predicted molar refractivity (Wildman–Crippen MR) is 53.0 cm³/mol. The summed E-state index contributed by atoms with van der Waals surface area (Å²) >= 11 is 0. The topological polar surface area (TPSA) is 40.9 Å². The molecule has 0 radical (unpaired) electrons. The first-order valence-corrected chi connectivity index (χ1v) is 4.73. The summed E-state index contributed by atoms with van der Waals surface area (Å²) in [5.41, 5.74) is 3.15. The zero-order valence-corrected chi connectivity index (χ0v) is 8.08. The number of benzene rings is 1. The van der Waals surface area contributed by atoms with Gasteiger partial charge in [0, 0.05) is 5.56 Å². The van der Waals surface area contributed by atoms with Gasteiger partial charge in [-0.25, -0.2) is 0 Å². The third kappa shape index (κ3) is 1.42. The van der Waals surface area contributed by atoms with E-state index in [1.807, 2.05) is 18.2 Å². The van der Waals surface area contributed by atoms with Gasteiger partial charge in [0.05, 0.1) is 12.0 Å². The average Bonchev–Trinajstić information content (AvgIpc) is 2.58. The van der Waals surface area contributed by atoms with Gasteiger partial charge in [-0.2, -0.15) is 5.26 Å². The van der Waals surface area contributed by atoms with Gasteiger partial charge < -0.3 is 0 Å². The summed E-state index contributed by atoms with van der Waals surface area (Å²) in [6, 6.07) is 8.02. The monoisotopic (exact) mass is 185 g/mol. The third-order valence-electron chi connectivity index (χ3n) is 2.73. The Morgan fingerprint density at radius 1 is 1.43 bits per heavy atom. The molecule has 1 aromatic rings. The Balaban J connectivity index is 2.36. The number of ketones is 1. The number of nitrogens with zero attached hydrogens (tertiary/aromatic N) is 1. The molecule has 0 N–H and O–H groups in total. The van der Waals surface area contributed by atoms with Crippen LogP contribution in [0.25, 0.3) is 0 Å². The van der Waals surface area contributed by atoms with Gasteiger partial charge in [0.25, 0.3) is 0 Å². The molecule has 0 bridgehead atoms. The first-order valence-electron chi connectivity index (χ1n) is 4.73. The van der Waals surface area contributed by atoms with Crippen molar-refractivity contribution in [2.45, 2.75) is 19.8 Å². The van der Waals surface area contributed by atoms with E-state index in [4.69, 9.17) is 5.26 Å². The van der Waals surface area contributed by atoms with Crippen molar-refractivity contribution >= 4 is 5.78 Å². The summed E-state index contributed by atoms with van der Waals surface area (Å²) in [6.07, 6.45) is 1.64. The van der Waals surface area contributed by atoms with Crippen LogP contribution in [0.4, 0.5) is 0 Å². The highest BCUT2D eigenvalue weighted by molar-refractivity contribution is 5.94. The smallest absolute Gasteiger partial charge is 0.159 e. The van der Waals surface area contributed by atoms with Gasteiger partial charge in [-0.15, -0.1) is 0 Å². The molecule has 2 rings (SSSR count). The Bertz CT molecular complexity index is 428. The highest BCUT2D eigenvalue weighted by Crippen LogP contribution is 2.27. The Kier molecular flexibility index (Phi) is 2.09. The predicted octanol–water partition coefficient (Wildman–Crippen LogP) is 2.13. The molecule has 0 aliphatic heterocycles. The van der Waals surface area contributed by atoms with Crippen molar-refractivity contribution < 1.29 is 4.79 Å². The van der Waals surface area contributed by atoms with Crippen LogP contribution in [0.5, 0.6) is 0 Å². The Labute approximate surface area is 83.2 Å². The molecule has 2 heteroatoms. The lowest BCUT2D eigenvalue weighted by atomic mass is 10.0. The largest absolute Gasteiger partial charge is 0.295 e. The van der Waals surface area contributed by atoms with Crippen LogP contribution < -0.4 is 0 Å². The molecule has 2 nitrogen and oxygen atoms in total. The van der Waals surface area contributed by atoms with Crippen molar-refractivity contribution in [2.75, 3.05) is 0 Å². The van der Waals surface area contributed by atoms with Crippen LogP contribution in [0, 0.1) is 17.2 Å². The molecular weight excluding hydrogens is 174 g/mol. The van der Waals surface area contributed by atoms with E-state index in [0.29, 0.717) is 0 Å². The minimum absolute atomic E-state index is 0.0909. The fourth-order valence-corrected chi connectivity index (χ4v) is 1.93. The van der Waals surface area contributed by atoms with Crippen molar-refractivity contribution in [3.05, 3.63) is 34.9 Å². The number of carbonyl (C=O) groups excluding carboxylic acids is 1. The molecule has 0 aromatic heterocycles. The summed E-state index contributed by atoms with van der Waals surface area (Å²) < 4.78 is 0. The fourth-order valence-electron chi connectivity index (χ4n) is 1.93. The molecule has 1 unspecified atom stereocenters. The minimum Gasteiger partial charge on any atom is -0.295 e.